The van der Waals surface area contributed by atoms with E-state index in [0.29, 0.717) is 11.7 Å². The number of nitrogens with two attached hydrogens (primary N) is 1. The van der Waals surface area contributed by atoms with E-state index in [1.54, 1.807) is 25.2 Å². The number of aromatic nitrogens is 1. The van der Waals surface area contributed by atoms with Crippen LogP contribution in [-0.2, 0) is 0 Å². The van der Waals surface area contributed by atoms with E-state index in [-0.39, 0.29) is 11.9 Å². The van der Waals surface area contributed by atoms with E-state index in [2.05, 4.69) is 16.9 Å². The fraction of sp³-hybridized carbons (Fsp3) is 0.600. The van der Waals surface area contributed by atoms with Crippen LogP contribution in [-0.4, -0.2) is 49.0 Å². The van der Waals surface area contributed by atoms with Gasteiger partial charge in [-0.3, -0.25) is 9.78 Å². The first-order valence-electron chi connectivity index (χ1n) is 7.17. The molecule has 20 heavy (non-hydrogen) atoms. The van der Waals surface area contributed by atoms with E-state index in [1.165, 1.54) is 12.8 Å². The first-order chi connectivity index (χ1) is 9.50. The minimum atomic E-state index is -0.0757. The second-order valence-corrected chi connectivity index (χ2v) is 5.73. The molecule has 5 heteroatoms. The van der Waals surface area contributed by atoms with Gasteiger partial charge in [-0.15, -0.1) is 0 Å². The lowest BCUT2D eigenvalue weighted by atomic mass is 9.90. The van der Waals surface area contributed by atoms with Crippen molar-refractivity contribution in [3.05, 3.63) is 24.0 Å². The number of likely N-dealkylation sites (N-methyl/N-ethyl adjacent to an activating group) is 1. The molecule has 2 atom stereocenters. The maximum absolute atomic E-state index is 12.0. The normalized spacial score (nSPS) is 22.4. The zero-order chi connectivity index (χ0) is 14.7. The highest BCUT2D eigenvalue weighted by atomic mass is 16.2. The lowest BCUT2D eigenvalue weighted by Gasteiger charge is -2.37. The Morgan fingerprint density at radius 1 is 1.30 bits per heavy atom. The molecule has 0 bridgehead atoms. The summed E-state index contributed by atoms with van der Waals surface area (Å²) in [4.78, 5) is 19.9. The van der Waals surface area contributed by atoms with Crippen LogP contribution in [0.3, 0.4) is 0 Å². The third kappa shape index (κ3) is 3.10. The van der Waals surface area contributed by atoms with E-state index in [4.69, 9.17) is 5.73 Å². The Labute approximate surface area is 120 Å². The van der Waals surface area contributed by atoms with Gasteiger partial charge in [0.05, 0.1) is 0 Å². The van der Waals surface area contributed by atoms with E-state index in [9.17, 15) is 4.79 Å². The Morgan fingerprint density at radius 3 is 2.65 bits per heavy atom. The van der Waals surface area contributed by atoms with Crippen molar-refractivity contribution in [1.29, 1.82) is 0 Å². The van der Waals surface area contributed by atoms with E-state index in [0.717, 1.165) is 18.5 Å². The maximum atomic E-state index is 12.0. The van der Waals surface area contributed by atoms with Crippen molar-refractivity contribution in [1.82, 2.24) is 9.88 Å². The van der Waals surface area contributed by atoms with Gasteiger partial charge in [0.25, 0.3) is 5.91 Å². The molecular formula is C15H24N4O. The second-order valence-electron chi connectivity index (χ2n) is 5.73. The number of rotatable bonds is 3. The summed E-state index contributed by atoms with van der Waals surface area (Å²) in [5.41, 5.74) is 7.71. The van der Waals surface area contributed by atoms with Gasteiger partial charge < -0.3 is 15.5 Å². The van der Waals surface area contributed by atoms with Crippen LogP contribution in [0.25, 0.3) is 0 Å². The summed E-state index contributed by atoms with van der Waals surface area (Å²) in [5, 5.41) is 0. The van der Waals surface area contributed by atoms with Crippen molar-refractivity contribution in [2.75, 3.05) is 26.0 Å². The molecule has 5 nitrogen and oxygen atoms in total. The third-order valence-electron chi connectivity index (χ3n) is 4.06. The molecule has 0 aromatic carbocycles. The van der Waals surface area contributed by atoms with Crippen molar-refractivity contribution < 1.29 is 4.79 Å². The molecule has 1 aromatic heterocycles. The van der Waals surface area contributed by atoms with Crippen LogP contribution >= 0.6 is 0 Å². The van der Waals surface area contributed by atoms with Crippen molar-refractivity contribution in [2.24, 2.45) is 5.73 Å². The molecule has 1 saturated carbocycles. The summed E-state index contributed by atoms with van der Waals surface area (Å²) in [6, 6.07) is 4.33. The standard InChI is InChI=1S/C15H24N4O/c1-18(2)15(20)13-10-11(8-9-17-13)19(3)14-7-5-4-6-12(14)16/h8-10,12,14H,4-7,16H2,1-3H3. The first kappa shape index (κ1) is 14.8. The summed E-state index contributed by atoms with van der Waals surface area (Å²) in [7, 11) is 5.52. The smallest absolute Gasteiger partial charge is 0.272 e. The molecule has 1 fully saturated rings. The summed E-state index contributed by atoms with van der Waals surface area (Å²) < 4.78 is 0. The van der Waals surface area contributed by atoms with Crippen molar-refractivity contribution in [3.63, 3.8) is 0 Å². The monoisotopic (exact) mass is 276 g/mol. The van der Waals surface area contributed by atoms with Crippen LogP contribution in [0.2, 0.25) is 0 Å². The minimum absolute atomic E-state index is 0.0757. The fourth-order valence-electron chi connectivity index (χ4n) is 2.80. The summed E-state index contributed by atoms with van der Waals surface area (Å²) in [5.74, 6) is -0.0757. The van der Waals surface area contributed by atoms with E-state index >= 15 is 0 Å². The molecule has 110 valence electrons. The molecule has 2 N–H and O–H groups in total. The number of amides is 1. The number of pyridine rings is 1. The lowest BCUT2D eigenvalue weighted by Crippen LogP contribution is -2.48. The Bertz CT molecular complexity index is 475. The van der Waals surface area contributed by atoms with Crippen molar-refractivity contribution >= 4 is 11.6 Å². The molecule has 0 radical (unpaired) electrons. The molecule has 1 amide bonds. The quantitative estimate of drug-likeness (QED) is 0.908. The highest BCUT2D eigenvalue weighted by molar-refractivity contribution is 5.92. The van der Waals surface area contributed by atoms with Gasteiger partial charge in [0.1, 0.15) is 5.69 Å². The molecule has 2 rings (SSSR count). The predicted octanol–water partition coefficient (Wildman–Crippen LogP) is 1.49. The minimum Gasteiger partial charge on any atom is -0.370 e. The molecule has 2 unspecified atom stereocenters. The number of hydrogen-bond acceptors (Lipinski definition) is 4. The molecule has 0 aliphatic heterocycles. The Kier molecular flexibility index (Phi) is 4.60. The predicted molar refractivity (Wildman–Crippen MR) is 80.9 cm³/mol. The summed E-state index contributed by atoms with van der Waals surface area (Å²) in [6.45, 7) is 0. The molecule has 0 saturated heterocycles. The summed E-state index contributed by atoms with van der Waals surface area (Å²) >= 11 is 0. The van der Waals surface area contributed by atoms with Gasteiger partial charge in [0, 0.05) is 45.1 Å². The van der Waals surface area contributed by atoms with Gasteiger partial charge in [-0.1, -0.05) is 12.8 Å². The van der Waals surface area contributed by atoms with Crippen LogP contribution in [0.5, 0.6) is 0 Å². The number of nitrogens with zero attached hydrogens (tertiary/aromatic N) is 3. The number of carbonyl (C=O) groups excluding carboxylic acids is 1. The Hall–Kier alpha value is -1.62. The zero-order valence-electron chi connectivity index (χ0n) is 12.5. The first-order valence-corrected chi connectivity index (χ1v) is 7.17. The van der Waals surface area contributed by atoms with Gasteiger partial charge in [-0.25, -0.2) is 0 Å². The number of anilines is 1. The Morgan fingerprint density at radius 2 is 2.00 bits per heavy atom. The molecule has 1 aliphatic rings. The van der Waals surface area contributed by atoms with Gasteiger partial charge >= 0.3 is 0 Å². The zero-order valence-corrected chi connectivity index (χ0v) is 12.5. The van der Waals surface area contributed by atoms with Gasteiger partial charge in [-0.05, 0) is 25.0 Å². The average molecular weight is 276 g/mol. The number of carbonyl (C=O) groups is 1. The van der Waals surface area contributed by atoms with E-state index < -0.39 is 0 Å². The maximum Gasteiger partial charge on any atom is 0.272 e. The van der Waals surface area contributed by atoms with Gasteiger partial charge in [-0.2, -0.15) is 0 Å². The van der Waals surface area contributed by atoms with Crippen LogP contribution in [0.15, 0.2) is 18.3 Å². The summed E-state index contributed by atoms with van der Waals surface area (Å²) in [6.07, 6.45) is 6.31. The highest BCUT2D eigenvalue weighted by Crippen LogP contribution is 2.25. The van der Waals surface area contributed by atoms with Crippen LogP contribution in [0.4, 0.5) is 5.69 Å². The van der Waals surface area contributed by atoms with Gasteiger partial charge in [0.15, 0.2) is 0 Å². The molecule has 0 spiro atoms. The lowest BCUT2D eigenvalue weighted by molar-refractivity contribution is 0.0822. The molecular weight excluding hydrogens is 252 g/mol. The van der Waals surface area contributed by atoms with Crippen LogP contribution in [0.1, 0.15) is 36.2 Å². The largest absolute Gasteiger partial charge is 0.370 e. The van der Waals surface area contributed by atoms with Crippen molar-refractivity contribution in [2.45, 2.75) is 37.8 Å². The molecule has 1 aliphatic carbocycles. The molecule has 1 aromatic rings. The number of hydrogen-bond donors (Lipinski definition) is 1. The van der Waals surface area contributed by atoms with Crippen LogP contribution in [0, 0.1) is 0 Å². The average Bonchev–Trinajstić information content (AvgIpc) is 2.46. The van der Waals surface area contributed by atoms with Crippen LogP contribution < -0.4 is 10.6 Å². The third-order valence-corrected chi connectivity index (χ3v) is 4.06. The van der Waals surface area contributed by atoms with Crippen molar-refractivity contribution in [3.8, 4) is 0 Å². The second kappa shape index (κ2) is 6.22. The van der Waals surface area contributed by atoms with Gasteiger partial charge in [0.2, 0.25) is 0 Å². The molecule has 1 heterocycles. The SMILES string of the molecule is CN(C)C(=O)c1cc(N(C)C2CCCCC2N)ccn1. The Balaban J connectivity index is 2.19. The highest BCUT2D eigenvalue weighted by Gasteiger charge is 2.26. The van der Waals surface area contributed by atoms with E-state index in [1.807, 2.05) is 12.1 Å². The topological polar surface area (TPSA) is 62.5 Å². The fourth-order valence-corrected chi connectivity index (χ4v) is 2.80.